The molecule has 0 saturated heterocycles. The molecule has 0 amide bonds. The van der Waals surface area contributed by atoms with E-state index in [2.05, 4.69) is 0 Å². The first-order valence-corrected chi connectivity index (χ1v) is 8.56. The van der Waals surface area contributed by atoms with Crippen molar-refractivity contribution in [2.45, 2.75) is 11.3 Å². The van der Waals surface area contributed by atoms with Gasteiger partial charge < -0.3 is 0 Å². The molecule has 0 N–H and O–H groups in total. The van der Waals surface area contributed by atoms with Gasteiger partial charge in [0.05, 0.1) is 10.6 Å². The van der Waals surface area contributed by atoms with Crippen LogP contribution in [-0.2, 0) is 9.84 Å². The van der Waals surface area contributed by atoms with Gasteiger partial charge in [0, 0.05) is 22.0 Å². The Kier molecular flexibility index (Phi) is 5.04. The van der Waals surface area contributed by atoms with Crippen LogP contribution in [0.25, 0.3) is 0 Å². The van der Waals surface area contributed by atoms with E-state index in [-0.39, 0.29) is 22.9 Å². The molecule has 0 aromatic heterocycles. The molecule has 0 aliphatic heterocycles. The lowest BCUT2D eigenvalue weighted by molar-refractivity contribution is 0.0989. The largest absolute Gasteiger partial charge is 0.294 e. The van der Waals surface area contributed by atoms with Gasteiger partial charge in [-0.25, -0.2) is 8.42 Å². The highest BCUT2D eigenvalue weighted by Gasteiger charge is 2.17. The highest BCUT2D eigenvalue weighted by Crippen LogP contribution is 2.17. The minimum Gasteiger partial charge on any atom is -0.294 e. The van der Waals surface area contributed by atoms with Crippen molar-refractivity contribution in [2.24, 2.45) is 0 Å². The predicted molar refractivity (Wildman–Crippen MR) is 83.9 cm³/mol. The summed E-state index contributed by atoms with van der Waals surface area (Å²) in [6.45, 7) is 0. The summed E-state index contributed by atoms with van der Waals surface area (Å²) in [5.41, 5.74) is 0.450. The normalized spacial score (nSPS) is 11.3. The molecule has 0 bridgehead atoms. The standard InChI is InChI=1S/C15H12Cl2O3S/c16-12-3-1-11(2-4-12)15(18)9-10-21(19,20)14-7-5-13(17)6-8-14/h1-8H,9-10H2. The lowest BCUT2D eigenvalue weighted by Crippen LogP contribution is -2.11. The summed E-state index contributed by atoms with van der Waals surface area (Å²) >= 11 is 11.5. The van der Waals surface area contributed by atoms with Gasteiger partial charge in [-0.15, -0.1) is 0 Å². The molecule has 0 unspecified atom stereocenters. The van der Waals surface area contributed by atoms with E-state index >= 15 is 0 Å². The van der Waals surface area contributed by atoms with E-state index in [1.807, 2.05) is 0 Å². The number of hydrogen-bond acceptors (Lipinski definition) is 3. The van der Waals surface area contributed by atoms with Gasteiger partial charge in [0.2, 0.25) is 0 Å². The summed E-state index contributed by atoms with van der Waals surface area (Å²) in [5, 5.41) is 0.992. The van der Waals surface area contributed by atoms with Gasteiger partial charge in [-0.3, -0.25) is 4.79 Å². The quantitative estimate of drug-likeness (QED) is 0.770. The van der Waals surface area contributed by atoms with Crippen molar-refractivity contribution < 1.29 is 13.2 Å². The molecule has 6 heteroatoms. The number of sulfone groups is 1. The van der Waals surface area contributed by atoms with Gasteiger partial charge >= 0.3 is 0 Å². The number of benzene rings is 2. The van der Waals surface area contributed by atoms with E-state index in [1.165, 1.54) is 24.3 Å². The Labute approximate surface area is 133 Å². The molecule has 0 aliphatic rings. The Morgan fingerprint density at radius 2 is 1.33 bits per heavy atom. The Morgan fingerprint density at radius 3 is 1.86 bits per heavy atom. The van der Waals surface area contributed by atoms with E-state index in [9.17, 15) is 13.2 Å². The van der Waals surface area contributed by atoms with Crippen LogP contribution in [0.15, 0.2) is 53.4 Å². The first-order valence-electron chi connectivity index (χ1n) is 6.15. The van der Waals surface area contributed by atoms with Crippen molar-refractivity contribution >= 4 is 38.8 Å². The molecule has 2 aromatic rings. The lowest BCUT2D eigenvalue weighted by Gasteiger charge is -2.05. The van der Waals surface area contributed by atoms with Crippen LogP contribution in [0.1, 0.15) is 16.8 Å². The molecule has 0 spiro atoms. The number of Topliss-reactive ketones (excluding diaryl/α,β-unsaturated/α-hetero) is 1. The highest BCUT2D eigenvalue weighted by molar-refractivity contribution is 7.91. The zero-order valence-electron chi connectivity index (χ0n) is 10.9. The molecule has 0 fully saturated rings. The van der Waals surface area contributed by atoms with Crippen molar-refractivity contribution in [3.05, 3.63) is 64.1 Å². The predicted octanol–water partition coefficient (Wildman–Crippen LogP) is 4.04. The van der Waals surface area contributed by atoms with Crippen molar-refractivity contribution in [3.63, 3.8) is 0 Å². The molecule has 2 rings (SSSR count). The second kappa shape index (κ2) is 6.60. The van der Waals surface area contributed by atoms with Crippen molar-refractivity contribution in [3.8, 4) is 0 Å². The van der Waals surface area contributed by atoms with Gasteiger partial charge in [0.1, 0.15) is 0 Å². The minimum atomic E-state index is -3.49. The summed E-state index contributed by atoms with van der Waals surface area (Å²) in [7, 11) is -3.49. The number of carbonyl (C=O) groups is 1. The first-order chi connectivity index (χ1) is 9.88. The van der Waals surface area contributed by atoms with E-state index in [1.54, 1.807) is 24.3 Å². The number of hydrogen-bond donors (Lipinski definition) is 0. The van der Waals surface area contributed by atoms with Crippen LogP contribution in [-0.4, -0.2) is 20.0 Å². The van der Waals surface area contributed by atoms with Gasteiger partial charge in [0.15, 0.2) is 15.6 Å². The van der Waals surface area contributed by atoms with Crippen LogP contribution >= 0.6 is 23.2 Å². The van der Waals surface area contributed by atoms with Crippen LogP contribution in [0.4, 0.5) is 0 Å². The summed E-state index contributed by atoms with van der Waals surface area (Å²) in [4.78, 5) is 12.1. The fourth-order valence-corrected chi connectivity index (χ4v) is 3.26. The van der Waals surface area contributed by atoms with Crippen LogP contribution in [0.3, 0.4) is 0 Å². The van der Waals surface area contributed by atoms with Crippen molar-refractivity contribution in [1.29, 1.82) is 0 Å². The van der Waals surface area contributed by atoms with Crippen LogP contribution in [0.2, 0.25) is 10.0 Å². The Hall–Kier alpha value is -1.36. The smallest absolute Gasteiger partial charge is 0.178 e. The number of rotatable bonds is 5. The van der Waals surface area contributed by atoms with E-state index in [0.717, 1.165) is 0 Å². The zero-order valence-corrected chi connectivity index (χ0v) is 13.3. The number of carbonyl (C=O) groups excluding carboxylic acids is 1. The SMILES string of the molecule is O=C(CCS(=O)(=O)c1ccc(Cl)cc1)c1ccc(Cl)cc1. The maximum absolute atomic E-state index is 12.1. The third kappa shape index (κ3) is 4.30. The molecule has 110 valence electrons. The number of ketones is 1. The molecule has 0 atom stereocenters. The molecule has 0 aliphatic carbocycles. The molecule has 0 saturated carbocycles. The molecule has 0 heterocycles. The maximum atomic E-state index is 12.1. The summed E-state index contributed by atoms with van der Waals surface area (Å²) < 4.78 is 24.2. The summed E-state index contributed by atoms with van der Waals surface area (Å²) in [6, 6.07) is 12.3. The third-order valence-electron chi connectivity index (χ3n) is 2.94. The summed E-state index contributed by atoms with van der Waals surface area (Å²) in [6.07, 6.45) is -0.0768. The van der Waals surface area contributed by atoms with Crippen LogP contribution in [0.5, 0.6) is 0 Å². The third-order valence-corrected chi connectivity index (χ3v) is 5.17. The maximum Gasteiger partial charge on any atom is 0.178 e. The zero-order chi connectivity index (χ0) is 15.5. The molecule has 2 aromatic carbocycles. The molecular formula is C15H12Cl2O3S. The van der Waals surface area contributed by atoms with E-state index < -0.39 is 9.84 Å². The second-order valence-electron chi connectivity index (χ2n) is 4.45. The summed E-state index contributed by atoms with van der Waals surface area (Å²) in [5.74, 6) is -0.472. The first kappa shape index (κ1) is 16.0. The van der Waals surface area contributed by atoms with Crippen LogP contribution in [0, 0.1) is 0 Å². The topological polar surface area (TPSA) is 51.2 Å². The van der Waals surface area contributed by atoms with Gasteiger partial charge in [-0.2, -0.15) is 0 Å². The molecule has 3 nitrogen and oxygen atoms in total. The molecular weight excluding hydrogens is 331 g/mol. The van der Waals surface area contributed by atoms with Crippen molar-refractivity contribution in [1.82, 2.24) is 0 Å². The van der Waals surface area contributed by atoms with Gasteiger partial charge in [0.25, 0.3) is 0 Å². The van der Waals surface area contributed by atoms with Gasteiger partial charge in [-0.1, -0.05) is 23.2 Å². The lowest BCUT2D eigenvalue weighted by atomic mass is 10.1. The fourth-order valence-electron chi connectivity index (χ4n) is 1.77. The number of halogens is 2. The van der Waals surface area contributed by atoms with Crippen molar-refractivity contribution in [2.75, 3.05) is 5.75 Å². The fraction of sp³-hybridized carbons (Fsp3) is 0.133. The Bertz CT molecular complexity index is 735. The average molecular weight is 343 g/mol. The van der Waals surface area contributed by atoms with E-state index in [0.29, 0.717) is 15.6 Å². The Balaban J connectivity index is 2.06. The highest BCUT2D eigenvalue weighted by atomic mass is 35.5. The second-order valence-corrected chi connectivity index (χ2v) is 7.43. The van der Waals surface area contributed by atoms with E-state index in [4.69, 9.17) is 23.2 Å². The minimum absolute atomic E-state index is 0.0768. The monoisotopic (exact) mass is 342 g/mol. The molecule has 0 radical (unpaired) electrons. The van der Waals surface area contributed by atoms with Gasteiger partial charge in [-0.05, 0) is 48.5 Å². The average Bonchev–Trinajstić information content (AvgIpc) is 2.46. The molecule has 21 heavy (non-hydrogen) atoms. The Morgan fingerprint density at radius 1 is 0.857 bits per heavy atom. The van der Waals surface area contributed by atoms with Crippen LogP contribution < -0.4 is 0 Å².